The molecule has 0 saturated heterocycles. The lowest BCUT2D eigenvalue weighted by Gasteiger charge is -2.36. The second-order valence-corrected chi connectivity index (χ2v) is 14.6. The lowest BCUT2D eigenvalue weighted by atomic mass is 10.2. The number of carboxylic acid groups (broad SMARTS) is 1. The molecule has 0 radical (unpaired) electrons. The largest absolute Gasteiger partial charge is 0.478 e. The maximum atomic E-state index is 10.8. The minimum atomic E-state index is -1.42. The average Bonchev–Trinajstić information content (AvgIpc) is 2.16. The van der Waals surface area contributed by atoms with E-state index in [1.807, 2.05) is 23.3 Å². The third-order valence-electron chi connectivity index (χ3n) is 3.28. The molecule has 4 heteroatoms. The Kier molecular flexibility index (Phi) is 4.09. The van der Waals surface area contributed by atoms with Crippen LogP contribution in [0.4, 0.5) is 0 Å². The molecule has 0 amide bonds. The number of rotatable bonds is 3. The van der Waals surface area contributed by atoms with Gasteiger partial charge in [-0.05, 0) is 29.3 Å². The van der Waals surface area contributed by atoms with Crippen molar-refractivity contribution < 1.29 is 9.90 Å². The summed E-state index contributed by atoms with van der Waals surface area (Å²) in [4.78, 5) is 11.9. The lowest BCUT2D eigenvalue weighted by molar-refractivity contribution is 0.0697. The van der Waals surface area contributed by atoms with Gasteiger partial charge in [-0.25, -0.2) is 4.79 Å². The van der Waals surface area contributed by atoms with Crippen LogP contribution in [0.2, 0.25) is 18.1 Å². The molecule has 1 rings (SSSR count). The summed E-state index contributed by atoms with van der Waals surface area (Å²) in [5.74, 6) is -0.867. The average molecular weight is 268 g/mol. The molecule has 2 nitrogen and oxygen atoms in total. The summed E-state index contributed by atoms with van der Waals surface area (Å²) in [5.41, 5.74) is 0.351. The highest BCUT2D eigenvalue weighted by molar-refractivity contribution is 8.29. The quantitative estimate of drug-likeness (QED) is 0.821. The zero-order valence-corrected chi connectivity index (χ0v) is 12.9. The van der Waals surface area contributed by atoms with Gasteiger partial charge < -0.3 is 5.11 Å². The van der Waals surface area contributed by atoms with Crippen LogP contribution in [-0.4, -0.2) is 18.3 Å². The fourth-order valence-electron chi connectivity index (χ4n) is 1.11. The molecule has 0 heterocycles. The highest BCUT2D eigenvalue weighted by atomic mass is 32.4. The highest BCUT2D eigenvalue weighted by Crippen LogP contribution is 2.46. The van der Waals surface area contributed by atoms with Crippen molar-refractivity contribution in [1.29, 1.82) is 0 Å². The van der Waals surface area contributed by atoms with E-state index in [1.165, 1.54) is 4.90 Å². The first-order valence-corrected chi connectivity index (χ1v) is 10.2. The van der Waals surface area contributed by atoms with Crippen LogP contribution < -0.4 is 0 Å². The van der Waals surface area contributed by atoms with Crippen LogP contribution in [0.3, 0.4) is 0 Å². The lowest BCUT2D eigenvalue weighted by Crippen LogP contribution is -2.33. The second kappa shape index (κ2) is 4.86. The Hall–Kier alpha value is -0.743. The molecule has 0 saturated carbocycles. The summed E-state index contributed by atoms with van der Waals surface area (Å²) in [5, 5.41) is 9.16. The molecule has 0 bridgehead atoms. The monoisotopic (exact) mass is 268 g/mol. The van der Waals surface area contributed by atoms with Crippen molar-refractivity contribution in [1.82, 2.24) is 0 Å². The normalized spacial score (nSPS) is 12.5. The molecule has 0 aliphatic rings. The second-order valence-electron chi connectivity index (χ2n) is 5.69. The Balaban J connectivity index is 2.86. The van der Waals surface area contributed by atoms with Gasteiger partial charge in [-0.2, -0.15) is 11.2 Å². The fraction of sp³-hybridized carbons (Fsp3) is 0.462. The van der Waals surface area contributed by atoms with E-state index in [9.17, 15) is 4.79 Å². The summed E-state index contributed by atoms with van der Waals surface area (Å²) >= 11 is 1.92. The van der Waals surface area contributed by atoms with Crippen molar-refractivity contribution in [2.24, 2.45) is 0 Å². The van der Waals surface area contributed by atoms with Crippen molar-refractivity contribution in [3.63, 3.8) is 0 Å². The number of hydrogen-bond acceptors (Lipinski definition) is 2. The van der Waals surface area contributed by atoms with Crippen LogP contribution in [0.15, 0.2) is 29.2 Å². The van der Waals surface area contributed by atoms with E-state index in [2.05, 4.69) is 33.9 Å². The summed E-state index contributed by atoms with van der Waals surface area (Å²) in [7, 11) is -1.42. The Morgan fingerprint density at radius 3 is 2.00 bits per heavy atom. The zero-order chi connectivity index (χ0) is 13.3. The van der Waals surface area contributed by atoms with E-state index in [4.69, 9.17) is 5.11 Å². The molecule has 0 aliphatic carbocycles. The first kappa shape index (κ1) is 14.3. The highest BCUT2D eigenvalue weighted by Gasteiger charge is 2.36. The Bertz CT molecular complexity index is 404. The standard InChI is InChI=1S/C13H20O2SSi/c1-13(2,3)17(4,5)16-11-8-6-10(7-9-11)12(14)15/h6-9H,1-5H3,(H,14,15). The van der Waals surface area contributed by atoms with Crippen molar-refractivity contribution >= 4 is 24.4 Å². The van der Waals surface area contributed by atoms with E-state index in [-0.39, 0.29) is 0 Å². The summed E-state index contributed by atoms with van der Waals surface area (Å²) in [6, 6.07) is 7.18. The van der Waals surface area contributed by atoms with Gasteiger partial charge in [0.05, 0.1) is 5.56 Å². The molecule has 17 heavy (non-hydrogen) atoms. The number of hydrogen-bond donors (Lipinski definition) is 1. The van der Waals surface area contributed by atoms with Gasteiger partial charge in [0, 0.05) is 4.90 Å². The van der Waals surface area contributed by atoms with Crippen molar-refractivity contribution in [3.05, 3.63) is 29.8 Å². The van der Waals surface area contributed by atoms with Crippen LogP contribution in [0.25, 0.3) is 0 Å². The molecular weight excluding hydrogens is 248 g/mol. The van der Waals surface area contributed by atoms with Crippen molar-refractivity contribution in [3.8, 4) is 0 Å². The Morgan fingerprint density at radius 1 is 1.18 bits per heavy atom. The van der Waals surface area contributed by atoms with Gasteiger partial charge in [0.2, 0.25) is 0 Å². The number of aromatic carboxylic acids is 1. The molecule has 94 valence electrons. The van der Waals surface area contributed by atoms with Crippen LogP contribution >= 0.6 is 11.2 Å². The van der Waals surface area contributed by atoms with Crippen LogP contribution in [0.5, 0.6) is 0 Å². The molecule has 0 atom stereocenters. The van der Waals surface area contributed by atoms with Crippen molar-refractivity contribution in [2.45, 2.75) is 43.8 Å². The molecule has 0 unspecified atom stereocenters. The predicted molar refractivity (Wildman–Crippen MR) is 76.5 cm³/mol. The maximum Gasteiger partial charge on any atom is 0.335 e. The Labute approximate surface area is 108 Å². The number of carbonyl (C=O) groups is 1. The number of carboxylic acids is 1. The topological polar surface area (TPSA) is 37.3 Å². The van der Waals surface area contributed by atoms with Gasteiger partial charge in [-0.3, -0.25) is 0 Å². The third-order valence-corrected chi connectivity index (χ3v) is 12.0. The molecule has 0 aromatic heterocycles. The summed E-state index contributed by atoms with van der Waals surface area (Å²) in [6.45, 7) is 11.5. The van der Waals surface area contributed by atoms with Crippen LogP contribution in [0, 0.1) is 0 Å². The number of benzene rings is 1. The first-order valence-electron chi connectivity index (χ1n) is 5.66. The zero-order valence-electron chi connectivity index (χ0n) is 11.1. The molecular formula is C13H20O2SSi. The molecule has 0 fully saturated rings. The van der Waals surface area contributed by atoms with E-state index in [1.54, 1.807) is 12.1 Å². The first-order chi connectivity index (χ1) is 7.63. The molecule has 0 spiro atoms. The van der Waals surface area contributed by atoms with Crippen molar-refractivity contribution in [2.75, 3.05) is 0 Å². The van der Waals surface area contributed by atoms with Crippen LogP contribution in [0.1, 0.15) is 31.1 Å². The summed E-state index contributed by atoms with van der Waals surface area (Å²) < 4.78 is 0. The molecule has 1 aromatic rings. The molecule has 1 N–H and O–H groups in total. The minimum Gasteiger partial charge on any atom is -0.478 e. The predicted octanol–water partition coefficient (Wildman–Crippen LogP) is 4.48. The third kappa shape index (κ3) is 3.61. The van der Waals surface area contributed by atoms with E-state index in [0.717, 1.165) is 0 Å². The van der Waals surface area contributed by atoms with E-state index in [0.29, 0.717) is 10.6 Å². The summed E-state index contributed by atoms with van der Waals surface area (Å²) in [6.07, 6.45) is 0. The SMILES string of the molecule is CC(C)(C)[Si](C)(C)Sc1ccc(C(=O)O)cc1. The van der Waals surface area contributed by atoms with Gasteiger partial charge >= 0.3 is 5.97 Å². The van der Waals surface area contributed by atoms with Gasteiger partial charge in [-0.1, -0.05) is 33.9 Å². The Morgan fingerprint density at radius 2 is 1.65 bits per heavy atom. The van der Waals surface area contributed by atoms with E-state index >= 15 is 0 Å². The van der Waals surface area contributed by atoms with Gasteiger partial charge in [0.15, 0.2) is 0 Å². The van der Waals surface area contributed by atoms with Gasteiger partial charge in [0.25, 0.3) is 0 Å². The maximum absolute atomic E-state index is 10.8. The minimum absolute atomic E-state index is 0.323. The molecule has 0 aliphatic heterocycles. The fourth-order valence-corrected chi connectivity index (χ4v) is 5.38. The smallest absolute Gasteiger partial charge is 0.335 e. The van der Waals surface area contributed by atoms with E-state index < -0.39 is 13.2 Å². The van der Waals surface area contributed by atoms with Gasteiger partial charge in [0.1, 0.15) is 7.22 Å². The van der Waals surface area contributed by atoms with Crippen LogP contribution in [-0.2, 0) is 0 Å². The molecule has 1 aromatic carbocycles. The van der Waals surface area contributed by atoms with Gasteiger partial charge in [-0.15, -0.1) is 0 Å².